The van der Waals surface area contributed by atoms with Gasteiger partial charge in [0.05, 0.1) is 21.3 Å². The highest BCUT2D eigenvalue weighted by molar-refractivity contribution is 9.10. The maximum atomic E-state index is 12.9. The molecule has 2 nitrogen and oxygen atoms in total. The highest BCUT2D eigenvalue weighted by Crippen LogP contribution is 2.24. The first-order valence-corrected chi connectivity index (χ1v) is 6.11. The van der Waals surface area contributed by atoms with Crippen LogP contribution in [0.5, 0.6) is 0 Å². The highest BCUT2D eigenvalue weighted by atomic mass is 79.9. The van der Waals surface area contributed by atoms with Crippen molar-refractivity contribution < 1.29 is 8.60 Å². The van der Waals surface area contributed by atoms with E-state index in [2.05, 4.69) is 15.9 Å². The largest absolute Gasteiger partial charge is 0.253 e. The van der Waals surface area contributed by atoms with Crippen molar-refractivity contribution in [3.63, 3.8) is 0 Å². The van der Waals surface area contributed by atoms with E-state index in [4.69, 9.17) is 5.26 Å². The summed E-state index contributed by atoms with van der Waals surface area (Å²) in [4.78, 5) is 0.440. The Bertz CT molecular complexity index is 453. The summed E-state index contributed by atoms with van der Waals surface area (Å²) in [5, 5.41) is 8.82. The molecule has 0 aliphatic carbocycles. The predicted octanol–water partition coefficient (Wildman–Crippen LogP) is 3.00. The minimum atomic E-state index is -1.47. The Hall–Kier alpha value is -0.730. The lowest BCUT2D eigenvalue weighted by Crippen LogP contribution is -2.24. The normalized spacial score (nSPS) is 13.3. The number of rotatable bonds is 2. The molecule has 1 rings (SSSR count). The summed E-state index contributed by atoms with van der Waals surface area (Å²) in [5.41, 5.74) is 0. The number of hydrogen-bond acceptors (Lipinski definition) is 2. The molecule has 80 valence electrons. The quantitative estimate of drug-likeness (QED) is 0.840. The van der Waals surface area contributed by atoms with Gasteiger partial charge in [-0.05, 0) is 48.0 Å². The Morgan fingerprint density at radius 1 is 1.53 bits per heavy atom. The van der Waals surface area contributed by atoms with Crippen LogP contribution in [0.15, 0.2) is 27.6 Å². The van der Waals surface area contributed by atoms with E-state index in [-0.39, 0.29) is 4.47 Å². The third kappa shape index (κ3) is 2.64. The van der Waals surface area contributed by atoms with Gasteiger partial charge in [-0.2, -0.15) is 5.26 Å². The van der Waals surface area contributed by atoms with Gasteiger partial charge in [0, 0.05) is 4.90 Å². The van der Waals surface area contributed by atoms with Crippen LogP contribution < -0.4 is 0 Å². The van der Waals surface area contributed by atoms with Crippen LogP contribution in [0.4, 0.5) is 4.39 Å². The zero-order valence-electron chi connectivity index (χ0n) is 8.25. The summed E-state index contributed by atoms with van der Waals surface area (Å²) in [6.45, 7) is 3.17. The molecule has 0 saturated carbocycles. The molecule has 0 saturated heterocycles. The molecule has 0 aliphatic heterocycles. The van der Waals surface area contributed by atoms with Crippen LogP contribution in [0.25, 0.3) is 0 Å². The molecule has 1 unspecified atom stereocenters. The van der Waals surface area contributed by atoms with Gasteiger partial charge in [-0.25, -0.2) is 4.39 Å². The minimum absolute atomic E-state index is 0.252. The van der Waals surface area contributed by atoms with E-state index in [0.29, 0.717) is 4.90 Å². The number of nitrogens with zero attached hydrogens (tertiary/aromatic N) is 1. The van der Waals surface area contributed by atoms with Crippen LogP contribution in [-0.2, 0) is 10.8 Å². The van der Waals surface area contributed by atoms with Crippen molar-refractivity contribution in [1.82, 2.24) is 0 Å². The molecule has 0 amide bonds. The molecular weight excluding hydrogens is 281 g/mol. The summed E-state index contributed by atoms with van der Waals surface area (Å²) in [6, 6.07) is 6.05. The Labute approximate surface area is 98.7 Å². The summed E-state index contributed by atoms with van der Waals surface area (Å²) in [5.74, 6) is -0.412. The number of hydrogen-bond donors (Lipinski definition) is 0. The Morgan fingerprint density at radius 3 is 2.60 bits per heavy atom. The van der Waals surface area contributed by atoms with Gasteiger partial charge in [0.1, 0.15) is 10.6 Å². The van der Waals surface area contributed by atoms with Crippen molar-refractivity contribution in [2.45, 2.75) is 23.5 Å². The molecule has 1 aromatic rings. The molecular formula is C10H9BrFNOS. The fourth-order valence-electron chi connectivity index (χ4n) is 0.928. The topological polar surface area (TPSA) is 40.9 Å². The fourth-order valence-corrected chi connectivity index (χ4v) is 2.55. The van der Waals surface area contributed by atoms with E-state index in [1.54, 1.807) is 13.8 Å². The number of benzene rings is 1. The lowest BCUT2D eigenvalue weighted by molar-refractivity contribution is 0.619. The highest BCUT2D eigenvalue weighted by Gasteiger charge is 2.27. The van der Waals surface area contributed by atoms with E-state index < -0.39 is 21.4 Å². The first-order chi connectivity index (χ1) is 6.88. The molecule has 0 N–H and O–H groups in total. The van der Waals surface area contributed by atoms with Gasteiger partial charge in [-0.1, -0.05) is 0 Å². The predicted molar refractivity (Wildman–Crippen MR) is 60.2 cm³/mol. The SMILES string of the molecule is CC(C)(C#N)S(=O)c1ccc(F)c(Br)c1. The van der Waals surface area contributed by atoms with Crippen LogP contribution in [-0.4, -0.2) is 8.96 Å². The Balaban J connectivity index is 3.15. The monoisotopic (exact) mass is 289 g/mol. The van der Waals surface area contributed by atoms with Crippen molar-refractivity contribution in [3.8, 4) is 6.07 Å². The average Bonchev–Trinajstić information content (AvgIpc) is 2.21. The molecule has 0 fully saturated rings. The summed E-state index contributed by atoms with van der Waals surface area (Å²) in [7, 11) is -1.47. The van der Waals surface area contributed by atoms with E-state index in [1.165, 1.54) is 18.2 Å². The zero-order chi connectivity index (χ0) is 11.6. The smallest absolute Gasteiger partial charge is 0.137 e. The third-order valence-corrected chi connectivity index (χ3v) is 4.15. The van der Waals surface area contributed by atoms with Gasteiger partial charge >= 0.3 is 0 Å². The second-order valence-corrected chi connectivity index (χ2v) is 6.35. The van der Waals surface area contributed by atoms with E-state index >= 15 is 0 Å². The maximum Gasteiger partial charge on any atom is 0.137 e. The van der Waals surface area contributed by atoms with Crippen LogP contribution in [0.2, 0.25) is 0 Å². The molecule has 0 radical (unpaired) electrons. The second kappa shape index (κ2) is 4.42. The van der Waals surface area contributed by atoms with Crippen LogP contribution in [0, 0.1) is 17.1 Å². The molecule has 0 aromatic heterocycles. The average molecular weight is 290 g/mol. The van der Waals surface area contributed by atoms with E-state index in [9.17, 15) is 8.60 Å². The van der Waals surface area contributed by atoms with Crippen molar-refractivity contribution in [3.05, 3.63) is 28.5 Å². The van der Waals surface area contributed by atoms with Crippen molar-refractivity contribution in [2.75, 3.05) is 0 Å². The lowest BCUT2D eigenvalue weighted by atomic mass is 10.2. The zero-order valence-corrected chi connectivity index (χ0v) is 10.7. The van der Waals surface area contributed by atoms with Crippen LogP contribution >= 0.6 is 15.9 Å². The molecule has 0 aliphatic rings. The first-order valence-electron chi connectivity index (χ1n) is 4.16. The maximum absolute atomic E-state index is 12.9. The van der Waals surface area contributed by atoms with Crippen LogP contribution in [0.1, 0.15) is 13.8 Å². The molecule has 1 atom stereocenters. The van der Waals surface area contributed by atoms with Crippen molar-refractivity contribution in [2.24, 2.45) is 0 Å². The van der Waals surface area contributed by atoms with Crippen LogP contribution in [0.3, 0.4) is 0 Å². The molecule has 0 bridgehead atoms. The minimum Gasteiger partial charge on any atom is -0.253 e. The molecule has 0 spiro atoms. The number of halogens is 2. The summed E-state index contributed by atoms with van der Waals surface area (Å²) in [6.07, 6.45) is 0. The van der Waals surface area contributed by atoms with Crippen molar-refractivity contribution in [1.29, 1.82) is 5.26 Å². The lowest BCUT2D eigenvalue weighted by Gasteiger charge is -2.14. The standard InChI is InChI=1S/C10H9BrFNOS/c1-10(2,6-13)15(14)7-3-4-9(12)8(11)5-7/h3-5H,1-2H3. The van der Waals surface area contributed by atoms with E-state index in [1.807, 2.05) is 6.07 Å². The Kier molecular flexibility index (Phi) is 3.63. The van der Waals surface area contributed by atoms with Gasteiger partial charge in [0.2, 0.25) is 0 Å². The van der Waals surface area contributed by atoms with Crippen molar-refractivity contribution >= 4 is 26.7 Å². The molecule has 5 heteroatoms. The second-order valence-electron chi connectivity index (χ2n) is 3.47. The van der Waals surface area contributed by atoms with Gasteiger partial charge in [-0.15, -0.1) is 0 Å². The van der Waals surface area contributed by atoms with Gasteiger partial charge in [0.15, 0.2) is 0 Å². The van der Waals surface area contributed by atoms with Gasteiger partial charge in [-0.3, -0.25) is 4.21 Å². The van der Waals surface area contributed by atoms with E-state index in [0.717, 1.165) is 0 Å². The first kappa shape index (κ1) is 12.3. The van der Waals surface area contributed by atoms with Gasteiger partial charge < -0.3 is 0 Å². The molecule has 15 heavy (non-hydrogen) atoms. The Morgan fingerprint density at radius 2 is 2.13 bits per heavy atom. The summed E-state index contributed by atoms with van der Waals surface area (Å²) >= 11 is 3.01. The fraction of sp³-hybridized carbons (Fsp3) is 0.300. The summed E-state index contributed by atoms with van der Waals surface area (Å²) < 4.78 is 24.1. The molecule has 1 aromatic carbocycles. The third-order valence-electron chi connectivity index (χ3n) is 1.84. The molecule has 0 heterocycles. The number of nitriles is 1. The van der Waals surface area contributed by atoms with Gasteiger partial charge in [0.25, 0.3) is 0 Å².